The Kier molecular flexibility index (Phi) is 7.29. The minimum atomic E-state index is -0.595. The number of furan rings is 1. The summed E-state index contributed by atoms with van der Waals surface area (Å²) in [5, 5.41) is 3.59. The number of carbonyl (C=O) groups is 2. The smallest absolute Gasteiger partial charge is 0.228 e. The van der Waals surface area contributed by atoms with Gasteiger partial charge in [0.2, 0.25) is 5.91 Å². The van der Waals surface area contributed by atoms with E-state index in [1.165, 1.54) is 11.1 Å². The number of nitrogens with one attached hydrogen (secondary N) is 1. The molecule has 198 valence electrons. The second-order valence-electron chi connectivity index (χ2n) is 11.6. The molecule has 1 aromatic heterocycles. The van der Waals surface area contributed by atoms with Crippen LogP contribution in [0.5, 0.6) is 0 Å². The van der Waals surface area contributed by atoms with Gasteiger partial charge in [0.25, 0.3) is 0 Å². The number of benzene rings is 2. The quantitative estimate of drug-likeness (QED) is 0.341. The van der Waals surface area contributed by atoms with E-state index < -0.39 is 6.04 Å². The van der Waals surface area contributed by atoms with Gasteiger partial charge in [0.05, 0.1) is 17.6 Å². The lowest BCUT2D eigenvalue weighted by molar-refractivity contribution is -0.119. The summed E-state index contributed by atoms with van der Waals surface area (Å²) in [7, 11) is 0. The van der Waals surface area contributed by atoms with Crippen LogP contribution in [-0.2, 0) is 15.0 Å². The molecular formula is C33H38N2O3. The minimum absolute atomic E-state index is 0.00976. The SMILES string of the molecule is CCCCCC(=O)N1c2ccccc2NC2=C(C(=O)C[C@H](c3ccc(C(C)(C)C)cc3)C2)[C@@H]1c1ccco1. The van der Waals surface area contributed by atoms with Crippen molar-refractivity contribution >= 4 is 23.1 Å². The Labute approximate surface area is 225 Å². The van der Waals surface area contributed by atoms with E-state index in [0.717, 1.165) is 36.3 Å². The van der Waals surface area contributed by atoms with Crippen LogP contribution in [0.3, 0.4) is 0 Å². The first-order valence-electron chi connectivity index (χ1n) is 13.9. The molecule has 0 spiro atoms. The number of nitrogens with zero attached hydrogens (tertiary/aromatic N) is 1. The Hall–Kier alpha value is -3.60. The third kappa shape index (κ3) is 5.07. The molecule has 0 bridgehead atoms. The van der Waals surface area contributed by atoms with E-state index in [0.29, 0.717) is 30.6 Å². The topological polar surface area (TPSA) is 62.6 Å². The van der Waals surface area contributed by atoms with Crippen LogP contribution in [0.1, 0.15) is 95.1 Å². The van der Waals surface area contributed by atoms with E-state index in [4.69, 9.17) is 4.42 Å². The van der Waals surface area contributed by atoms with Crippen molar-refractivity contribution in [2.45, 2.75) is 83.6 Å². The molecule has 1 amide bonds. The van der Waals surface area contributed by atoms with E-state index in [1.54, 1.807) is 11.2 Å². The van der Waals surface area contributed by atoms with E-state index >= 15 is 0 Å². The van der Waals surface area contributed by atoms with Crippen LogP contribution in [0.4, 0.5) is 11.4 Å². The fourth-order valence-electron chi connectivity index (χ4n) is 5.72. The van der Waals surface area contributed by atoms with Gasteiger partial charge in [-0.3, -0.25) is 14.5 Å². The van der Waals surface area contributed by atoms with Gasteiger partial charge in [-0.2, -0.15) is 0 Å². The van der Waals surface area contributed by atoms with Gasteiger partial charge in [0, 0.05) is 24.1 Å². The number of hydrogen-bond donors (Lipinski definition) is 1. The number of ketones is 1. The summed E-state index contributed by atoms with van der Waals surface area (Å²) in [6.07, 6.45) is 6.00. The number of Topliss-reactive ketones (excluding diaryl/α,β-unsaturated/α-hetero) is 1. The third-order valence-corrected chi connectivity index (χ3v) is 7.81. The van der Waals surface area contributed by atoms with Crippen LogP contribution in [0, 0.1) is 0 Å². The maximum absolute atomic E-state index is 14.0. The van der Waals surface area contributed by atoms with E-state index in [9.17, 15) is 9.59 Å². The molecule has 2 aliphatic rings. The first-order valence-corrected chi connectivity index (χ1v) is 13.9. The predicted molar refractivity (Wildman–Crippen MR) is 152 cm³/mol. The van der Waals surface area contributed by atoms with Gasteiger partial charge in [0.15, 0.2) is 5.78 Å². The highest BCUT2D eigenvalue weighted by molar-refractivity contribution is 6.06. The van der Waals surface area contributed by atoms with Crippen LogP contribution >= 0.6 is 0 Å². The first-order chi connectivity index (χ1) is 18.3. The van der Waals surface area contributed by atoms with Crippen molar-refractivity contribution in [3.8, 4) is 0 Å². The summed E-state index contributed by atoms with van der Waals surface area (Å²) < 4.78 is 5.90. The Balaban J connectivity index is 1.58. The molecule has 0 saturated carbocycles. The Morgan fingerprint density at radius 1 is 1.00 bits per heavy atom. The second kappa shape index (κ2) is 10.6. The second-order valence-corrected chi connectivity index (χ2v) is 11.6. The Bertz CT molecular complexity index is 1330. The summed E-state index contributed by atoms with van der Waals surface area (Å²) >= 11 is 0. The average molecular weight is 511 g/mol. The van der Waals surface area contributed by atoms with Crippen molar-refractivity contribution in [3.05, 3.63) is 95.1 Å². The van der Waals surface area contributed by atoms with Crippen molar-refractivity contribution in [3.63, 3.8) is 0 Å². The van der Waals surface area contributed by atoms with Crippen molar-refractivity contribution in [1.82, 2.24) is 0 Å². The van der Waals surface area contributed by atoms with Crippen molar-refractivity contribution < 1.29 is 14.0 Å². The maximum Gasteiger partial charge on any atom is 0.228 e. The number of allylic oxidation sites excluding steroid dienone is 1. The van der Waals surface area contributed by atoms with E-state index in [1.807, 2.05) is 36.4 Å². The fraction of sp³-hybridized carbons (Fsp3) is 0.394. The first kappa shape index (κ1) is 26.0. The lowest BCUT2D eigenvalue weighted by Crippen LogP contribution is -2.38. The van der Waals surface area contributed by atoms with Crippen molar-refractivity contribution in [2.75, 3.05) is 10.2 Å². The summed E-state index contributed by atoms with van der Waals surface area (Å²) in [5.41, 5.74) is 5.66. The summed E-state index contributed by atoms with van der Waals surface area (Å²) in [5.74, 6) is 0.750. The Morgan fingerprint density at radius 3 is 2.45 bits per heavy atom. The number of amides is 1. The fourth-order valence-corrected chi connectivity index (χ4v) is 5.72. The standard InChI is InChI=1S/C33H38N2O3/c1-5-6-7-14-30(37)35-27-12-9-8-11-25(27)34-26-20-23(22-15-17-24(18-16-22)33(2,3)4)21-28(36)31(26)32(35)29-13-10-19-38-29/h8-13,15-19,23,32,34H,5-7,14,20-21H2,1-4H3/t23-,32+/m1/s1. The number of anilines is 2. The molecule has 2 atom stereocenters. The Morgan fingerprint density at radius 2 is 1.76 bits per heavy atom. The van der Waals surface area contributed by atoms with Gasteiger partial charge in [-0.05, 0) is 59.6 Å². The van der Waals surface area contributed by atoms with E-state index in [-0.39, 0.29) is 23.0 Å². The normalized spacial score (nSPS) is 19.5. The molecule has 1 aliphatic carbocycles. The molecule has 0 saturated heterocycles. The van der Waals surface area contributed by atoms with Crippen LogP contribution in [0.25, 0.3) is 0 Å². The summed E-state index contributed by atoms with van der Waals surface area (Å²) in [4.78, 5) is 29.6. The molecule has 5 heteroatoms. The molecule has 3 aromatic rings. The lowest BCUT2D eigenvalue weighted by atomic mass is 9.78. The zero-order chi connectivity index (χ0) is 26.9. The van der Waals surface area contributed by atoms with Crippen molar-refractivity contribution in [1.29, 1.82) is 0 Å². The zero-order valence-electron chi connectivity index (χ0n) is 22.9. The summed E-state index contributed by atoms with van der Waals surface area (Å²) in [6, 6.07) is 19.7. The molecule has 0 unspecified atom stereocenters. The van der Waals surface area contributed by atoms with Crippen LogP contribution in [-0.4, -0.2) is 11.7 Å². The zero-order valence-corrected chi connectivity index (χ0v) is 22.9. The van der Waals surface area contributed by atoms with Gasteiger partial charge in [-0.25, -0.2) is 0 Å². The number of fused-ring (bicyclic) bond motifs is 1. The van der Waals surface area contributed by atoms with Gasteiger partial charge >= 0.3 is 0 Å². The van der Waals surface area contributed by atoms with Crippen LogP contribution < -0.4 is 10.2 Å². The molecule has 1 aliphatic heterocycles. The molecular weight excluding hydrogens is 472 g/mol. The highest BCUT2D eigenvalue weighted by Gasteiger charge is 2.42. The van der Waals surface area contributed by atoms with Gasteiger partial charge in [0.1, 0.15) is 11.8 Å². The van der Waals surface area contributed by atoms with Gasteiger partial charge in [-0.1, -0.05) is 76.9 Å². The molecule has 0 fully saturated rings. The molecule has 1 N–H and O–H groups in total. The monoisotopic (exact) mass is 510 g/mol. The minimum Gasteiger partial charge on any atom is -0.467 e. The highest BCUT2D eigenvalue weighted by Crippen LogP contribution is 2.47. The number of unbranched alkanes of at least 4 members (excludes halogenated alkanes) is 2. The van der Waals surface area contributed by atoms with Crippen LogP contribution in [0.15, 0.2) is 82.6 Å². The largest absolute Gasteiger partial charge is 0.467 e. The molecule has 5 nitrogen and oxygen atoms in total. The van der Waals surface area contributed by atoms with E-state index in [2.05, 4.69) is 57.3 Å². The molecule has 2 heterocycles. The number of hydrogen-bond acceptors (Lipinski definition) is 4. The number of para-hydroxylation sites is 2. The molecule has 38 heavy (non-hydrogen) atoms. The third-order valence-electron chi connectivity index (χ3n) is 7.81. The molecule has 2 aromatic carbocycles. The summed E-state index contributed by atoms with van der Waals surface area (Å²) in [6.45, 7) is 8.76. The van der Waals surface area contributed by atoms with Crippen molar-refractivity contribution in [2.24, 2.45) is 0 Å². The average Bonchev–Trinajstić information content (AvgIpc) is 3.38. The maximum atomic E-state index is 14.0. The molecule has 0 radical (unpaired) electrons. The van der Waals surface area contributed by atoms with Gasteiger partial charge < -0.3 is 9.73 Å². The molecule has 5 rings (SSSR count). The number of rotatable bonds is 6. The van der Waals surface area contributed by atoms with Crippen LogP contribution in [0.2, 0.25) is 0 Å². The predicted octanol–water partition coefficient (Wildman–Crippen LogP) is 8.06. The van der Waals surface area contributed by atoms with Gasteiger partial charge in [-0.15, -0.1) is 0 Å². The highest BCUT2D eigenvalue weighted by atomic mass is 16.3. The number of carbonyl (C=O) groups excluding carboxylic acids is 2. The lowest BCUT2D eigenvalue weighted by Gasteiger charge is -2.34.